The first-order valence-electron chi connectivity index (χ1n) is 6.47. The monoisotopic (exact) mass is 244 g/mol. The molecule has 3 heteroatoms. The Morgan fingerprint density at radius 3 is 2.89 bits per heavy atom. The SMILES string of the molecule is CCCC(C)COc1ccc(N)c2ccncc12. The van der Waals surface area contributed by atoms with E-state index in [1.54, 1.807) is 6.20 Å². The van der Waals surface area contributed by atoms with Crippen molar-refractivity contribution >= 4 is 16.5 Å². The molecule has 1 aromatic heterocycles. The van der Waals surface area contributed by atoms with Crippen LogP contribution in [0.5, 0.6) is 5.75 Å². The van der Waals surface area contributed by atoms with E-state index in [4.69, 9.17) is 10.5 Å². The number of ether oxygens (including phenoxy) is 1. The minimum atomic E-state index is 0.569. The number of rotatable bonds is 5. The van der Waals surface area contributed by atoms with E-state index in [2.05, 4.69) is 18.8 Å². The van der Waals surface area contributed by atoms with Crippen LogP contribution in [0.4, 0.5) is 5.69 Å². The molecule has 96 valence electrons. The number of nitrogens with zero attached hydrogens (tertiary/aromatic N) is 1. The number of aromatic nitrogens is 1. The van der Waals surface area contributed by atoms with Gasteiger partial charge in [-0.3, -0.25) is 4.98 Å². The van der Waals surface area contributed by atoms with Crippen molar-refractivity contribution in [3.63, 3.8) is 0 Å². The molecule has 2 aromatic rings. The highest BCUT2D eigenvalue weighted by Crippen LogP contribution is 2.29. The molecule has 0 amide bonds. The van der Waals surface area contributed by atoms with Crippen LogP contribution in [0.3, 0.4) is 0 Å². The Morgan fingerprint density at radius 1 is 1.28 bits per heavy atom. The van der Waals surface area contributed by atoms with Gasteiger partial charge >= 0.3 is 0 Å². The lowest BCUT2D eigenvalue weighted by Crippen LogP contribution is -2.08. The fourth-order valence-electron chi connectivity index (χ4n) is 2.12. The number of benzene rings is 1. The molecule has 0 bridgehead atoms. The van der Waals surface area contributed by atoms with Gasteiger partial charge in [0.2, 0.25) is 0 Å². The van der Waals surface area contributed by atoms with Crippen LogP contribution < -0.4 is 10.5 Å². The minimum Gasteiger partial charge on any atom is -0.493 e. The molecule has 18 heavy (non-hydrogen) atoms. The summed E-state index contributed by atoms with van der Waals surface area (Å²) in [7, 11) is 0. The summed E-state index contributed by atoms with van der Waals surface area (Å²) in [5.74, 6) is 1.44. The summed E-state index contributed by atoms with van der Waals surface area (Å²) in [4.78, 5) is 4.14. The van der Waals surface area contributed by atoms with Crippen LogP contribution in [-0.2, 0) is 0 Å². The molecule has 3 nitrogen and oxygen atoms in total. The summed E-state index contributed by atoms with van der Waals surface area (Å²) in [6, 6.07) is 5.74. The Bertz CT molecular complexity index is 525. The molecule has 2 rings (SSSR count). The van der Waals surface area contributed by atoms with E-state index in [9.17, 15) is 0 Å². The summed E-state index contributed by atoms with van der Waals surface area (Å²) in [5.41, 5.74) is 6.71. The third-order valence-electron chi connectivity index (χ3n) is 3.12. The van der Waals surface area contributed by atoms with Crippen molar-refractivity contribution in [2.24, 2.45) is 5.92 Å². The predicted octanol–water partition coefficient (Wildman–Crippen LogP) is 3.63. The van der Waals surface area contributed by atoms with Crippen molar-refractivity contribution in [2.75, 3.05) is 12.3 Å². The molecule has 0 aliphatic carbocycles. The summed E-state index contributed by atoms with van der Waals surface area (Å²) in [6.45, 7) is 5.14. The highest BCUT2D eigenvalue weighted by molar-refractivity contribution is 5.96. The van der Waals surface area contributed by atoms with Gasteiger partial charge in [-0.05, 0) is 30.5 Å². The van der Waals surface area contributed by atoms with E-state index >= 15 is 0 Å². The zero-order valence-electron chi connectivity index (χ0n) is 11.0. The summed E-state index contributed by atoms with van der Waals surface area (Å²) in [6.07, 6.45) is 5.94. The van der Waals surface area contributed by atoms with Crippen LogP contribution >= 0.6 is 0 Å². The van der Waals surface area contributed by atoms with Gasteiger partial charge in [0, 0.05) is 28.9 Å². The number of nitrogens with two attached hydrogens (primary N) is 1. The molecule has 1 heterocycles. The third kappa shape index (κ3) is 2.73. The van der Waals surface area contributed by atoms with Gasteiger partial charge in [-0.2, -0.15) is 0 Å². The number of hydrogen-bond donors (Lipinski definition) is 1. The normalized spacial score (nSPS) is 12.6. The largest absolute Gasteiger partial charge is 0.493 e. The van der Waals surface area contributed by atoms with Crippen molar-refractivity contribution < 1.29 is 4.74 Å². The molecule has 1 unspecified atom stereocenters. The maximum absolute atomic E-state index is 5.95. The van der Waals surface area contributed by atoms with E-state index < -0.39 is 0 Å². The lowest BCUT2D eigenvalue weighted by atomic mass is 10.1. The predicted molar refractivity (Wildman–Crippen MR) is 75.7 cm³/mol. The average molecular weight is 244 g/mol. The van der Waals surface area contributed by atoms with E-state index in [-0.39, 0.29) is 0 Å². The zero-order chi connectivity index (χ0) is 13.0. The lowest BCUT2D eigenvalue weighted by Gasteiger charge is -2.14. The summed E-state index contributed by atoms with van der Waals surface area (Å²) >= 11 is 0. The second-order valence-corrected chi connectivity index (χ2v) is 4.78. The van der Waals surface area contributed by atoms with Gasteiger partial charge < -0.3 is 10.5 Å². The molecule has 0 radical (unpaired) electrons. The second-order valence-electron chi connectivity index (χ2n) is 4.78. The second kappa shape index (κ2) is 5.71. The smallest absolute Gasteiger partial charge is 0.128 e. The Labute approximate surface area is 108 Å². The van der Waals surface area contributed by atoms with Crippen molar-refractivity contribution in [1.82, 2.24) is 4.98 Å². The topological polar surface area (TPSA) is 48.1 Å². The Morgan fingerprint density at radius 2 is 2.11 bits per heavy atom. The van der Waals surface area contributed by atoms with Gasteiger partial charge in [0.15, 0.2) is 0 Å². The van der Waals surface area contributed by atoms with Crippen molar-refractivity contribution in [1.29, 1.82) is 0 Å². The molecule has 0 fully saturated rings. The zero-order valence-corrected chi connectivity index (χ0v) is 11.0. The number of fused-ring (bicyclic) bond motifs is 1. The first-order valence-corrected chi connectivity index (χ1v) is 6.47. The number of nitrogen functional groups attached to an aromatic ring is 1. The van der Waals surface area contributed by atoms with Gasteiger partial charge in [-0.25, -0.2) is 0 Å². The van der Waals surface area contributed by atoms with E-state index in [0.29, 0.717) is 5.92 Å². The fraction of sp³-hybridized carbons (Fsp3) is 0.400. The van der Waals surface area contributed by atoms with Crippen LogP contribution in [0.15, 0.2) is 30.6 Å². The number of anilines is 1. The highest BCUT2D eigenvalue weighted by atomic mass is 16.5. The highest BCUT2D eigenvalue weighted by Gasteiger charge is 2.07. The van der Waals surface area contributed by atoms with Crippen molar-refractivity contribution in [3.8, 4) is 5.75 Å². The Kier molecular flexibility index (Phi) is 4.03. The number of hydrogen-bond acceptors (Lipinski definition) is 3. The number of pyridine rings is 1. The van der Waals surface area contributed by atoms with E-state index in [1.165, 1.54) is 12.8 Å². The molecule has 0 saturated heterocycles. The first-order chi connectivity index (χ1) is 8.72. The molecular formula is C15H20N2O. The molecule has 0 saturated carbocycles. The van der Waals surface area contributed by atoms with Crippen LogP contribution in [0.1, 0.15) is 26.7 Å². The van der Waals surface area contributed by atoms with Gasteiger partial charge in [0.05, 0.1) is 6.61 Å². The van der Waals surface area contributed by atoms with Crippen LogP contribution in [0.2, 0.25) is 0 Å². The quantitative estimate of drug-likeness (QED) is 0.817. The molecular weight excluding hydrogens is 224 g/mol. The van der Waals surface area contributed by atoms with Crippen LogP contribution in [0.25, 0.3) is 10.8 Å². The summed E-state index contributed by atoms with van der Waals surface area (Å²) in [5, 5.41) is 1.99. The molecule has 0 spiro atoms. The van der Waals surface area contributed by atoms with Gasteiger partial charge in [-0.15, -0.1) is 0 Å². The lowest BCUT2D eigenvalue weighted by molar-refractivity contribution is 0.254. The van der Waals surface area contributed by atoms with Crippen LogP contribution in [-0.4, -0.2) is 11.6 Å². The summed E-state index contributed by atoms with van der Waals surface area (Å²) < 4.78 is 5.89. The maximum Gasteiger partial charge on any atom is 0.128 e. The molecule has 1 atom stereocenters. The Hall–Kier alpha value is -1.77. The molecule has 1 aromatic carbocycles. The van der Waals surface area contributed by atoms with E-state index in [1.807, 2.05) is 24.4 Å². The van der Waals surface area contributed by atoms with Gasteiger partial charge in [-0.1, -0.05) is 20.3 Å². The van der Waals surface area contributed by atoms with E-state index in [0.717, 1.165) is 28.8 Å². The van der Waals surface area contributed by atoms with Crippen LogP contribution in [0, 0.1) is 5.92 Å². The fourth-order valence-corrected chi connectivity index (χ4v) is 2.12. The third-order valence-corrected chi connectivity index (χ3v) is 3.12. The Balaban J connectivity index is 2.21. The molecule has 0 aliphatic heterocycles. The standard InChI is InChI=1S/C15H20N2O/c1-3-4-11(2)10-18-15-6-5-14(16)12-7-8-17-9-13(12)15/h5-9,11H,3-4,10,16H2,1-2H3. The average Bonchev–Trinajstić information content (AvgIpc) is 2.39. The molecule has 2 N–H and O–H groups in total. The first kappa shape index (κ1) is 12.7. The van der Waals surface area contributed by atoms with Crippen molar-refractivity contribution in [3.05, 3.63) is 30.6 Å². The maximum atomic E-state index is 5.95. The minimum absolute atomic E-state index is 0.569. The van der Waals surface area contributed by atoms with Crippen molar-refractivity contribution in [2.45, 2.75) is 26.7 Å². The molecule has 0 aliphatic rings. The van der Waals surface area contributed by atoms with Gasteiger partial charge in [0.25, 0.3) is 0 Å². The van der Waals surface area contributed by atoms with Gasteiger partial charge in [0.1, 0.15) is 5.75 Å².